The molecule has 1 aliphatic rings. The lowest BCUT2D eigenvalue weighted by atomic mass is 9.76. The van der Waals surface area contributed by atoms with E-state index in [1.165, 1.54) is 13.2 Å². The molecule has 1 aromatic heterocycles. The van der Waals surface area contributed by atoms with E-state index in [0.29, 0.717) is 36.5 Å². The van der Waals surface area contributed by atoms with Gasteiger partial charge in [0.05, 0.1) is 24.5 Å². The third kappa shape index (κ3) is 5.89. The number of aliphatic carboxylic acids is 1. The number of methoxy groups -OCH3 is 1. The molecule has 3 aromatic rings. The van der Waals surface area contributed by atoms with Gasteiger partial charge in [0.1, 0.15) is 12.4 Å². The summed E-state index contributed by atoms with van der Waals surface area (Å²) in [6, 6.07) is 16.9. The van der Waals surface area contributed by atoms with Gasteiger partial charge in [-0.15, -0.1) is 0 Å². The molecule has 1 heterocycles. The Labute approximate surface area is 208 Å². The second kappa shape index (κ2) is 11.0. The highest BCUT2D eigenvalue weighted by Crippen LogP contribution is 2.35. The molecule has 8 heteroatoms. The number of hydrogen-bond acceptors (Lipinski definition) is 6. The summed E-state index contributed by atoms with van der Waals surface area (Å²) < 4.78 is 10.6. The van der Waals surface area contributed by atoms with Gasteiger partial charge >= 0.3 is 11.9 Å². The Kier molecular flexibility index (Phi) is 7.63. The SMILES string of the molecule is COC(=O)C=C1CC[C@H](C(=O)Nc2ccc(OCc3cc(C)nc4ccccc34)cc2)C(C(=O)O)C1. The number of rotatable bonds is 7. The number of esters is 1. The number of carboxylic acids is 1. The van der Waals surface area contributed by atoms with Gasteiger partial charge in [0.2, 0.25) is 5.91 Å². The zero-order valence-corrected chi connectivity index (χ0v) is 20.2. The Hall–Kier alpha value is -4.20. The summed E-state index contributed by atoms with van der Waals surface area (Å²) in [7, 11) is 1.27. The molecule has 0 bridgehead atoms. The lowest BCUT2D eigenvalue weighted by molar-refractivity contribution is -0.147. The Morgan fingerprint density at radius 1 is 1.11 bits per heavy atom. The lowest BCUT2D eigenvalue weighted by Gasteiger charge is -2.29. The number of nitrogens with zero attached hydrogens (tertiary/aromatic N) is 1. The highest BCUT2D eigenvalue weighted by molar-refractivity contribution is 5.95. The number of benzene rings is 2. The quantitative estimate of drug-likeness (QED) is 0.367. The minimum Gasteiger partial charge on any atom is -0.489 e. The van der Waals surface area contributed by atoms with E-state index in [4.69, 9.17) is 4.74 Å². The van der Waals surface area contributed by atoms with E-state index in [0.717, 1.165) is 22.2 Å². The number of fused-ring (bicyclic) bond motifs is 1. The van der Waals surface area contributed by atoms with Crippen molar-refractivity contribution in [2.45, 2.75) is 32.8 Å². The van der Waals surface area contributed by atoms with E-state index in [1.54, 1.807) is 24.3 Å². The summed E-state index contributed by atoms with van der Waals surface area (Å²) in [6.45, 7) is 2.32. The number of ether oxygens (including phenoxy) is 2. The van der Waals surface area contributed by atoms with Crippen LogP contribution in [-0.2, 0) is 25.7 Å². The molecular weight excluding hydrogens is 460 g/mol. The lowest BCUT2D eigenvalue weighted by Crippen LogP contribution is -2.36. The molecule has 0 radical (unpaired) electrons. The molecule has 1 saturated carbocycles. The van der Waals surface area contributed by atoms with Crippen LogP contribution in [-0.4, -0.2) is 35.0 Å². The molecule has 1 fully saturated rings. The molecule has 4 rings (SSSR count). The minimum absolute atomic E-state index is 0.137. The highest BCUT2D eigenvalue weighted by atomic mass is 16.5. The van der Waals surface area contributed by atoms with Crippen molar-refractivity contribution in [2.75, 3.05) is 12.4 Å². The number of anilines is 1. The van der Waals surface area contributed by atoms with Crippen molar-refractivity contribution < 1.29 is 29.0 Å². The maximum absolute atomic E-state index is 12.9. The molecule has 0 saturated heterocycles. The Bertz CT molecular complexity index is 1320. The molecule has 0 aliphatic heterocycles. The number of allylic oxidation sites excluding steroid dienone is 1. The molecule has 2 atom stereocenters. The summed E-state index contributed by atoms with van der Waals surface area (Å²) >= 11 is 0. The van der Waals surface area contributed by atoms with Crippen LogP contribution in [0.15, 0.2) is 66.2 Å². The molecule has 186 valence electrons. The molecule has 1 unspecified atom stereocenters. The largest absolute Gasteiger partial charge is 0.489 e. The van der Waals surface area contributed by atoms with Crippen molar-refractivity contribution in [1.29, 1.82) is 0 Å². The van der Waals surface area contributed by atoms with Crippen molar-refractivity contribution in [1.82, 2.24) is 4.98 Å². The van der Waals surface area contributed by atoms with Crippen LogP contribution in [0.3, 0.4) is 0 Å². The highest BCUT2D eigenvalue weighted by Gasteiger charge is 2.37. The van der Waals surface area contributed by atoms with Crippen molar-refractivity contribution in [3.05, 3.63) is 77.5 Å². The van der Waals surface area contributed by atoms with Crippen LogP contribution in [0.25, 0.3) is 10.9 Å². The number of aryl methyl sites for hydroxylation is 1. The maximum atomic E-state index is 12.9. The number of carbonyl (C=O) groups is 3. The van der Waals surface area contributed by atoms with E-state index >= 15 is 0 Å². The average Bonchev–Trinajstić information content (AvgIpc) is 2.87. The first-order valence-electron chi connectivity index (χ1n) is 11.7. The topological polar surface area (TPSA) is 115 Å². The zero-order valence-electron chi connectivity index (χ0n) is 20.2. The fourth-order valence-corrected chi connectivity index (χ4v) is 4.54. The van der Waals surface area contributed by atoms with Crippen molar-refractivity contribution >= 4 is 34.4 Å². The smallest absolute Gasteiger partial charge is 0.330 e. The van der Waals surface area contributed by atoms with Gasteiger partial charge in [0, 0.05) is 28.4 Å². The first-order valence-corrected chi connectivity index (χ1v) is 11.7. The van der Waals surface area contributed by atoms with Crippen molar-refractivity contribution in [3.63, 3.8) is 0 Å². The molecule has 36 heavy (non-hydrogen) atoms. The van der Waals surface area contributed by atoms with Gasteiger partial charge in [-0.3, -0.25) is 14.6 Å². The van der Waals surface area contributed by atoms with Crippen LogP contribution in [0.2, 0.25) is 0 Å². The van der Waals surface area contributed by atoms with Crippen LogP contribution in [0.5, 0.6) is 5.75 Å². The minimum atomic E-state index is -1.06. The fraction of sp³-hybridized carbons (Fsp3) is 0.286. The van der Waals surface area contributed by atoms with Crippen LogP contribution in [0.4, 0.5) is 5.69 Å². The zero-order chi connectivity index (χ0) is 25.7. The second-order valence-electron chi connectivity index (χ2n) is 8.86. The van der Waals surface area contributed by atoms with E-state index in [2.05, 4.69) is 15.0 Å². The first-order chi connectivity index (χ1) is 17.3. The Morgan fingerprint density at radius 2 is 1.86 bits per heavy atom. The van der Waals surface area contributed by atoms with Gasteiger partial charge in [-0.2, -0.15) is 0 Å². The number of hydrogen-bond donors (Lipinski definition) is 2. The third-order valence-corrected chi connectivity index (χ3v) is 6.37. The molecule has 2 N–H and O–H groups in total. The number of amides is 1. The van der Waals surface area contributed by atoms with E-state index in [9.17, 15) is 19.5 Å². The predicted molar refractivity (Wildman–Crippen MR) is 134 cm³/mol. The van der Waals surface area contributed by atoms with Crippen molar-refractivity contribution in [3.8, 4) is 5.75 Å². The third-order valence-electron chi connectivity index (χ3n) is 6.37. The summed E-state index contributed by atoms with van der Waals surface area (Å²) in [5.74, 6) is -2.90. The number of nitrogens with one attached hydrogen (secondary N) is 1. The monoisotopic (exact) mass is 488 g/mol. The number of carboxylic acid groups (broad SMARTS) is 1. The molecule has 0 spiro atoms. The number of aromatic nitrogens is 1. The fourth-order valence-electron chi connectivity index (χ4n) is 4.54. The van der Waals surface area contributed by atoms with E-state index in [-0.39, 0.29) is 12.3 Å². The molecule has 1 amide bonds. The molecule has 1 aliphatic carbocycles. The van der Waals surface area contributed by atoms with Crippen molar-refractivity contribution in [2.24, 2.45) is 11.8 Å². The normalized spacial score (nSPS) is 18.6. The van der Waals surface area contributed by atoms with Gasteiger partial charge in [-0.1, -0.05) is 23.8 Å². The maximum Gasteiger partial charge on any atom is 0.330 e. The summed E-state index contributed by atoms with van der Waals surface area (Å²) in [5.41, 5.74) is 4.10. The first kappa shape index (κ1) is 24.9. The van der Waals surface area contributed by atoms with Gasteiger partial charge in [0.25, 0.3) is 0 Å². The number of carbonyl (C=O) groups excluding carboxylic acids is 2. The van der Waals surface area contributed by atoms with Gasteiger partial charge in [0.15, 0.2) is 0 Å². The standard InChI is InChI=1S/C28H28N2O6/c1-17-13-19(22-5-3-4-6-25(22)29-17)16-36-21-10-8-20(9-11-21)30-27(32)23-12-7-18(15-26(31)35-2)14-24(23)28(33)34/h3-6,8-11,13,15,23-24H,7,12,14,16H2,1-2H3,(H,30,32)(H,33,34)/t23-,24?/m0/s1. The summed E-state index contributed by atoms with van der Waals surface area (Å²) in [6.07, 6.45) is 2.26. The van der Waals surface area contributed by atoms with Crippen LogP contribution < -0.4 is 10.1 Å². The molecular formula is C28H28N2O6. The predicted octanol–water partition coefficient (Wildman–Crippen LogP) is 4.66. The van der Waals surface area contributed by atoms with Crippen LogP contribution in [0.1, 0.15) is 30.5 Å². The molecule has 8 nitrogen and oxygen atoms in total. The van der Waals surface area contributed by atoms with Crippen LogP contribution >= 0.6 is 0 Å². The second-order valence-corrected chi connectivity index (χ2v) is 8.86. The Balaban J connectivity index is 1.38. The molecule has 2 aromatic carbocycles. The Morgan fingerprint density at radius 3 is 2.58 bits per heavy atom. The van der Waals surface area contributed by atoms with Gasteiger partial charge in [-0.25, -0.2) is 4.79 Å². The number of para-hydroxylation sites is 1. The number of pyridine rings is 1. The van der Waals surface area contributed by atoms with E-state index in [1.807, 2.05) is 37.3 Å². The summed E-state index contributed by atoms with van der Waals surface area (Å²) in [4.78, 5) is 40.8. The summed E-state index contributed by atoms with van der Waals surface area (Å²) in [5, 5.41) is 13.5. The van der Waals surface area contributed by atoms with E-state index < -0.39 is 23.8 Å². The van der Waals surface area contributed by atoms with Crippen LogP contribution in [0, 0.1) is 18.8 Å². The average molecular weight is 489 g/mol. The van der Waals surface area contributed by atoms with Gasteiger partial charge in [-0.05, 0) is 62.6 Å². The van der Waals surface area contributed by atoms with Gasteiger partial charge < -0.3 is 19.9 Å².